The molecule has 2 aromatic heterocycles. The minimum atomic E-state index is -3.04. The van der Waals surface area contributed by atoms with Crippen molar-refractivity contribution in [3.05, 3.63) is 88.7 Å². The van der Waals surface area contributed by atoms with Crippen LogP contribution >= 0.6 is 23.4 Å². The Morgan fingerprint density at radius 1 is 1.09 bits per heavy atom. The van der Waals surface area contributed by atoms with Crippen molar-refractivity contribution in [1.29, 1.82) is 0 Å². The first-order chi connectivity index (χ1) is 16.9. The van der Waals surface area contributed by atoms with Crippen LogP contribution in [0.5, 0.6) is 0 Å². The van der Waals surface area contributed by atoms with Crippen molar-refractivity contribution in [3.63, 3.8) is 0 Å². The summed E-state index contributed by atoms with van der Waals surface area (Å²) in [6.07, 6.45) is 4.01. The van der Waals surface area contributed by atoms with Crippen LogP contribution in [-0.2, 0) is 22.1 Å². The zero-order valence-corrected chi connectivity index (χ0v) is 21.1. The summed E-state index contributed by atoms with van der Waals surface area (Å²) in [7, 11) is -3.04. The van der Waals surface area contributed by atoms with E-state index in [4.69, 9.17) is 16.6 Å². The van der Waals surface area contributed by atoms with Crippen LogP contribution in [-0.4, -0.2) is 46.4 Å². The van der Waals surface area contributed by atoms with Gasteiger partial charge in [0.15, 0.2) is 15.0 Å². The highest BCUT2D eigenvalue weighted by molar-refractivity contribution is 7.98. The molecular formula is C25H23ClN4O3S2. The van der Waals surface area contributed by atoms with Gasteiger partial charge in [-0.2, -0.15) is 0 Å². The Balaban J connectivity index is 1.31. The lowest BCUT2D eigenvalue weighted by Crippen LogP contribution is -2.35. The largest absolute Gasteiger partial charge is 0.348 e. The second-order valence-electron chi connectivity index (χ2n) is 8.53. The van der Waals surface area contributed by atoms with Crippen LogP contribution < -0.4 is 5.32 Å². The van der Waals surface area contributed by atoms with Crippen molar-refractivity contribution in [2.75, 3.05) is 11.5 Å². The van der Waals surface area contributed by atoms with Crippen molar-refractivity contribution in [2.45, 2.75) is 29.9 Å². The average molecular weight is 527 g/mol. The smallest absolute Gasteiger partial charge is 0.251 e. The molecular weight excluding hydrogens is 504 g/mol. The van der Waals surface area contributed by atoms with E-state index in [-0.39, 0.29) is 23.5 Å². The lowest BCUT2D eigenvalue weighted by atomic mass is 10.1. The monoisotopic (exact) mass is 526 g/mol. The number of aromatic nitrogens is 3. The molecule has 3 heterocycles. The number of amides is 1. The number of nitrogens with zero attached hydrogens (tertiary/aromatic N) is 3. The van der Waals surface area contributed by atoms with Crippen LogP contribution in [0.3, 0.4) is 0 Å². The quantitative estimate of drug-likeness (QED) is 0.360. The summed E-state index contributed by atoms with van der Waals surface area (Å²) in [5.41, 5.74) is 4.49. The number of fused-ring (bicyclic) bond motifs is 1. The van der Waals surface area contributed by atoms with Gasteiger partial charge in [-0.15, -0.1) is 0 Å². The molecule has 35 heavy (non-hydrogen) atoms. The van der Waals surface area contributed by atoms with Gasteiger partial charge in [-0.05, 0) is 47.9 Å². The predicted octanol–water partition coefficient (Wildman–Crippen LogP) is 4.34. The van der Waals surface area contributed by atoms with E-state index in [0.717, 1.165) is 33.1 Å². The van der Waals surface area contributed by atoms with E-state index in [1.54, 1.807) is 30.1 Å². The molecule has 0 aliphatic carbocycles. The number of carbonyl (C=O) groups excluding carboxylic acids is 1. The minimum Gasteiger partial charge on any atom is -0.348 e. The molecule has 1 fully saturated rings. The maximum atomic E-state index is 12.6. The Bertz CT molecular complexity index is 1470. The molecule has 1 aliphatic heterocycles. The fourth-order valence-corrected chi connectivity index (χ4v) is 6.83. The molecule has 1 saturated heterocycles. The van der Waals surface area contributed by atoms with Crippen LogP contribution in [0.1, 0.15) is 27.9 Å². The summed E-state index contributed by atoms with van der Waals surface area (Å²) in [4.78, 5) is 21.6. The Morgan fingerprint density at radius 3 is 2.54 bits per heavy atom. The number of rotatable bonds is 7. The molecule has 0 unspecified atom stereocenters. The highest BCUT2D eigenvalue weighted by Gasteiger charge is 2.29. The molecule has 7 nitrogen and oxygen atoms in total. The molecule has 1 atom stereocenters. The predicted molar refractivity (Wildman–Crippen MR) is 139 cm³/mol. The molecule has 10 heteroatoms. The van der Waals surface area contributed by atoms with Crippen LogP contribution in [0.2, 0.25) is 5.02 Å². The molecule has 0 spiro atoms. The zero-order valence-electron chi connectivity index (χ0n) is 18.7. The number of thioether (sulfide) groups is 1. The molecule has 2 aromatic carbocycles. The van der Waals surface area contributed by atoms with E-state index in [1.807, 2.05) is 48.7 Å². The first-order valence-electron chi connectivity index (χ1n) is 11.1. The summed E-state index contributed by atoms with van der Waals surface area (Å²) in [5.74, 6) is 0.636. The van der Waals surface area contributed by atoms with Gasteiger partial charge in [0, 0.05) is 28.6 Å². The van der Waals surface area contributed by atoms with E-state index in [1.165, 1.54) is 0 Å². The third-order valence-corrected chi connectivity index (χ3v) is 8.99. The Labute approximate surface area is 212 Å². The standard InChI is InChI=1S/C25H23ClN4O3S2/c26-20-7-3-18(4-8-20)15-34-25-29-22-9-11-27-13-23(22)30(25)14-17-1-5-19(6-2-17)24(31)28-21-10-12-35(32,33)16-21/h1-9,11,13,21H,10,12,14-16H2,(H,28,31)/t21-/m0/s1. The van der Waals surface area contributed by atoms with Gasteiger partial charge in [0.25, 0.3) is 5.91 Å². The fourth-order valence-electron chi connectivity index (χ4n) is 4.06. The Hall–Kier alpha value is -2.88. The number of imidazole rings is 1. The topological polar surface area (TPSA) is 94.0 Å². The van der Waals surface area contributed by atoms with Gasteiger partial charge in [0.2, 0.25) is 0 Å². The molecule has 1 aliphatic rings. The van der Waals surface area contributed by atoms with Crippen molar-refractivity contribution in [1.82, 2.24) is 19.9 Å². The third kappa shape index (κ3) is 5.69. The number of pyridine rings is 1. The average Bonchev–Trinajstić information content (AvgIpc) is 3.38. The van der Waals surface area contributed by atoms with Gasteiger partial charge in [-0.3, -0.25) is 9.78 Å². The zero-order chi connectivity index (χ0) is 24.4. The molecule has 5 rings (SSSR count). The van der Waals surface area contributed by atoms with E-state index in [9.17, 15) is 13.2 Å². The maximum Gasteiger partial charge on any atom is 0.251 e. The lowest BCUT2D eigenvalue weighted by molar-refractivity contribution is 0.0941. The molecule has 1 amide bonds. The molecule has 180 valence electrons. The van der Waals surface area contributed by atoms with Crippen molar-refractivity contribution in [3.8, 4) is 0 Å². The summed E-state index contributed by atoms with van der Waals surface area (Å²) in [6, 6.07) is 16.7. The van der Waals surface area contributed by atoms with E-state index >= 15 is 0 Å². The number of halogens is 1. The normalized spacial score (nSPS) is 17.0. The van der Waals surface area contributed by atoms with Gasteiger partial charge in [0.05, 0.1) is 35.3 Å². The van der Waals surface area contributed by atoms with Gasteiger partial charge < -0.3 is 9.88 Å². The van der Waals surface area contributed by atoms with Crippen molar-refractivity contribution in [2.24, 2.45) is 0 Å². The van der Waals surface area contributed by atoms with E-state index in [2.05, 4.69) is 14.9 Å². The molecule has 4 aromatic rings. The molecule has 0 bridgehead atoms. The minimum absolute atomic E-state index is 0.00896. The van der Waals surface area contributed by atoms with Gasteiger partial charge >= 0.3 is 0 Å². The summed E-state index contributed by atoms with van der Waals surface area (Å²) >= 11 is 7.65. The van der Waals surface area contributed by atoms with Crippen molar-refractivity contribution >= 4 is 50.1 Å². The number of hydrogen-bond acceptors (Lipinski definition) is 6. The summed E-state index contributed by atoms with van der Waals surface area (Å²) in [6.45, 7) is 0.577. The SMILES string of the molecule is O=C(N[C@H]1CCS(=O)(=O)C1)c1ccc(Cn2c(SCc3ccc(Cl)cc3)nc3ccncc32)cc1. The lowest BCUT2D eigenvalue weighted by Gasteiger charge is -2.12. The van der Waals surface area contributed by atoms with Gasteiger partial charge in [-0.1, -0.05) is 47.6 Å². The first-order valence-corrected chi connectivity index (χ1v) is 14.3. The second-order valence-corrected chi connectivity index (χ2v) is 12.1. The van der Waals surface area contributed by atoms with Crippen LogP contribution in [0, 0.1) is 0 Å². The molecule has 0 saturated carbocycles. The summed E-state index contributed by atoms with van der Waals surface area (Å²) < 4.78 is 25.4. The van der Waals surface area contributed by atoms with E-state index in [0.29, 0.717) is 23.6 Å². The fraction of sp³-hybridized carbons (Fsp3) is 0.240. The molecule has 0 radical (unpaired) electrons. The van der Waals surface area contributed by atoms with Crippen LogP contribution in [0.15, 0.2) is 72.1 Å². The highest BCUT2D eigenvalue weighted by Crippen LogP contribution is 2.28. The maximum absolute atomic E-state index is 12.6. The van der Waals surface area contributed by atoms with Gasteiger partial charge in [0.1, 0.15) is 0 Å². The number of sulfone groups is 1. The van der Waals surface area contributed by atoms with Crippen LogP contribution in [0.25, 0.3) is 11.0 Å². The number of carbonyl (C=O) groups is 1. The summed E-state index contributed by atoms with van der Waals surface area (Å²) in [5, 5.41) is 4.42. The first kappa shape index (κ1) is 23.8. The Kier molecular flexibility index (Phi) is 6.82. The Morgan fingerprint density at radius 2 is 1.83 bits per heavy atom. The third-order valence-electron chi connectivity index (χ3n) is 5.92. The molecule has 1 N–H and O–H groups in total. The van der Waals surface area contributed by atoms with Gasteiger partial charge in [-0.25, -0.2) is 13.4 Å². The van der Waals surface area contributed by atoms with Crippen LogP contribution in [0.4, 0.5) is 0 Å². The highest BCUT2D eigenvalue weighted by atomic mass is 35.5. The number of benzene rings is 2. The van der Waals surface area contributed by atoms with E-state index < -0.39 is 9.84 Å². The second kappa shape index (κ2) is 10.0. The number of nitrogens with one attached hydrogen (secondary N) is 1. The number of hydrogen-bond donors (Lipinski definition) is 1. The van der Waals surface area contributed by atoms with Crippen molar-refractivity contribution < 1.29 is 13.2 Å².